The maximum absolute atomic E-state index is 12.6. The van der Waals surface area contributed by atoms with Gasteiger partial charge < -0.3 is 10.2 Å². The summed E-state index contributed by atoms with van der Waals surface area (Å²) in [6.07, 6.45) is 11.6. The van der Waals surface area contributed by atoms with Crippen molar-refractivity contribution in [3.8, 4) is 16.3 Å². The first kappa shape index (κ1) is 25.2. The fourth-order valence-corrected chi connectivity index (χ4v) is 5.32. The third-order valence-electron chi connectivity index (χ3n) is 5.85. The molecule has 2 amide bonds. The Morgan fingerprint density at radius 2 is 2.06 bits per heavy atom. The van der Waals surface area contributed by atoms with Gasteiger partial charge in [0.15, 0.2) is 5.13 Å². The highest BCUT2D eigenvalue weighted by atomic mass is 32.1. The summed E-state index contributed by atoms with van der Waals surface area (Å²) in [6, 6.07) is 5.77. The number of carbonyl (C=O) groups excluding carboxylic acids is 2. The van der Waals surface area contributed by atoms with Crippen molar-refractivity contribution in [2.75, 3.05) is 19.4 Å². The van der Waals surface area contributed by atoms with Gasteiger partial charge in [-0.05, 0) is 62.1 Å². The van der Waals surface area contributed by atoms with Crippen LogP contribution in [0.15, 0.2) is 41.5 Å². The van der Waals surface area contributed by atoms with Crippen LogP contribution in [0.4, 0.5) is 5.13 Å². The van der Waals surface area contributed by atoms with Gasteiger partial charge in [-0.15, -0.1) is 0 Å². The minimum absolute atomic E-state index is 0.0337. The lowest BCUT2D eigenvalue weighted by molar-refractivity contribution is -0.114. The summed E-state index contributed by atoms with van der Waals surface area (Å²) < 4.78 is 1.97. The van der Waals surface area contributed by atoms with E-state index in [0.29, 0.717) is 10.7 Å². The number of anilines is 1. The van der Waals surface area contributed by atoms with Gasteiger partial charge in [-0.2, -0.15) is 5.10 Å². The Bertz CT molecular complexity index is 1390. The van der Waals surface area contributed by atoms with E-state index in [1.165, 1.54) is 18.3 Å². The average molecular weight is 503 g/mol. The molecule has 0 fully saturated rings. The average Bonchev–Trinajstić information content (AvgIpc) is 3.43. The molecule has 2 aromatic heterocycles. The van der Waals surface area contributed by atoms with E-state index in [1.54, 1.807) is 31.4 Å². The summed E-state index contributed by atoms with van der Waals surface area (Å²) >= 11 is 1.47. The molecule has 36 heavy (non-hydrogen) atoms. The van der Waals surface area contributed by atoms with E-state index < -0.39 is 0 Å². The van der Waals surface area contributed by atoms with Gasteiger partial charge in [-0.3, -0.25) is 14.6 Å². The number of allylic oxidation sites excluding steroid dienone is 2. The van der Waals surface area contributed by atoms with Gasteiger partial charge in [-0.25, -0.2) is 9.67 Å². The predicted octanol–water partition coefficient (Wildman–Crippen LogP) is 4.93. The van der Waals surface area contributed by atoms with Crippen LogP contribution < -0.4 is 5.32 Å². The normalized spacial score (nSPS) is 12.9. The quantitative estimate of drug-likeness (QED) is 0.366. The van der Waals surface area contributed by atoms with E-state index in [1.807, 2.05) is 48.0 Å². The molecule has 0 atom stereocenters. The maximum atomic E-state index is 12.6. The Hall–Kier alpha value is -3.85. The molecule has 2 heterocycles. The van der Waals surface area contributed by atoms with Crippen LogP contribution in [-0.2, 0) is 24.1 Å². The molecule has 1 aliphatic rings. The number of nitrogens with zero attached hydrogens (tertiary/aromatic N) is 5. The number of benzene rings is 1. The summed E-state index contributed by atoms with van der Waals surface area (Å²) in [4.78, 5) is 35.6. The van der Waals surface area contributed by atoms with Crippen molar-refractivity contribution in [2.45, 2.75) is 40.0 Å². The highest BCUT2D eigenvalue weighted by Crippen LogP contribution is 2.42. The molecule has 0 saturated heterocycles. The van der Waals surface area contributed by atoms with Crippen molar-refractivity contribution < 1.29 is 9.59 Å². The fraction of sp³-hybridized carbons (Fsp3) is 0.296. The molecule has 0 bridgehead atoms. The minimum Gasteiger partial charge on any atom is -0.345 e. The first-order chi connectivity index (χ1) is 17.3. The Labute approximate surface area is 215 Å². The second-order valence-electron chi connectivity index (χ2n) is 8.60. The van der Waals surface area contributed by atoms with Crippen molar-refractivity contribution in [1.29, 1.82) is 0 Å². The number of hydrogen-bond acceptors (Lipinski definition) is 6. The number of hydrogen-bond donors (Lipinski definition) is 1. The molecule has 3 aromatic rings. The van der Waals surface area contributed by atoms with Crippen LogP contribution >= 0.6 is 11.3 Å². The van der Waals surface area contributed by atoms with Crippen molar-refractivity contribution in [3.63, 3.8) is 0 Å². The molecule has 1 N–H and O–H groups in total. The number of thiazole rings is 1. The molecule has 0 saturated carbocycles. The Kier molecular flexibility index (Phi) is 7.59. The molecule has 8 nitrogen and oxygen atoms in total. The lowest BCUT2D eigenvalue weighted by Gasteiger charge is -2.17. The summed E-state index contributed by atoms with van der Waals surface area (Å²) in [5.74, 6) is -0.178. The number of amides is 2. The summed E-state index contributed by atoms with van der Waals surface area (Å²) in [7, 11) is 3.51. The fourth-order valence-electron chi connectivity index (χ4n) is 4.21. The first-order valence-corrected chi connectivity index (χ1v) is 12.7. The lowest BCUT2D eigenvalue weighted by Crippen LogP contribution is -2.22. The number of aryl methyl sites for hydroxylation is 2. The van der Waals surface area contributed by atoms with E-state index in [9.17, 15) is 9.59 Å². The topological polar surface area (TPSA) is 92.5 Å². The molecule has 0 aliphatic heterocycles. The smallest absolute Gasteiger partial charge is 0.253 e. The maximum Gasteiger partial charge on any atom is 0.253 e. The summed E-state index contributed by atoms with van der Waals surface area (Å²) in [5.41, 5.74) is 6.57. The zero-order valence-electron chi connectivity index (χ0n) is 21.2. The number of rotatable bonds is 7. The molecule has 4 rings (SSSR count). The first-order valence-electron chi connectivity index (χ1n) is 11.9. The van der Waals surface area contributed by atoms with Crippen molar-refractivity contribution in [3.05, 3.63) is 64.6 Å². The monoisotopic (exact) mass is 502 g/mol. The van der Waals surface area contributed by atoms with Gasteiger partial charge in [0, 0.05) is 44.6 Å². The molecule has 1 aliphatic carbocycles. The largest absolute Gasteiger partial charge is 0.345 e. The van der Waals surface area contributed by atoms with Gasteiger partial charge in [-0.1, -0.05) is 24.3 Å². The number of carbonyl (C=O) groups is 2. The zero-order valence-corrected chi connectivity index (χ0v) is 22.0. The molecule has 0 unspecified atom stereocenters. The van der Waals surface area contributed by atoms with Crippen LogP contribution in [0.1, 0.15) is 53.6 Å². The molecular weight excluding hydrogens is 472 g/mol. The second kappa shape index (κ2) is 10.8. The minimum atomic E-state index is -0.144. The van der Waals surface area contributed by atoms with Gasteiger partial charge >= 0.3 is 0 Å². The third-order valence-corrected chi connectivity index (χ3v) is 6.87. The highest BCUT2D eigenvalue weighted by Gasteiger charge is 2.29. The Balaban J connectivity index is 1.88. The molecular formula is C27H30N6O2S. The molecule has 9 heteroatoms. The van der Waals surface area contributed by atoms with Crippen molar-refractivity contribution in [2.24, 2.45) is 4.99 Å². The van der Waals surface area contributed by atoms with Crippen molar-refractivity contribution >= 4 is 40.6 Å². The Morgan fingerprint density at radius 3 is 2.75 bits per heavy atom. The molecule has 1 aromatic carbocycles. The second-order valence-corrected chi connectivity index (χ2v) is 9.60. The number of aliphatic imine (C=N–C) groups is 1. The van der Waals surface area contributed by atoms with E-state index in [4.69, 9.17) is 5.10 Å². The van der Waals surface area contributed by atoms with Crippen LogP contribution in [0.25, 0.3) is 22.3 Å². The highest BCUT2D eigenvalue weighted by molar-refractivity contribution is 7.19. The van der Waals surface area contributed by atoms with E-state index in [0.717, 1.165) is 58.0 Å². The van der Waals surface area contributed by atoms with Gasteiger partial charge in [0.05, 0.1) is 27.6 Å². The SMILES string of the molecule is C\C=N/C=C\C=C\c1nn(-c2ccc(C(=O)N(C)C)cc2CC)c2c1CCc1nc(NC(C)=O)sc1-2. The predicted molar refractivity (Wildman–Crippen MR) is 146 cm³/mol. The molecule has 0 spiro atoms. The van der Waals surface area contributed by atoms with E-state index in [2.05, 4.69) is 22.2 Å². The lowest BCUT2D eigenvalue weighted by atomic mass is 9.97. The van der Waals surface area contributed by atoms with Gasteiger partial charge in [0.1, 0.15) is 0 Å². The van der Waals surface area contributed by atoms with Crippen LogP contribution in [0.2, 0.25) is 0 Å². The molecule has 0 radical (unpaired) electrons. The Morgan fingerprint density at radius 1 is 1.25 bits per heavy atom. The van der Waals surface area contributed by atoms with Crippen LogP contribution in [0, 0.1) is 0 Å². The number of nitrogens with one attached hydrogen (secondary N) is 1. The van der Waals surface area contributed by atoms with Gasteiger partial charge in [0.25, 0.3) is 5.91 Å². The number of aromatic nitrogens is 3. The standard InChI is InChI=1S/C27H30N6O2S/c1-6-18-16-19(26(35)32(4)5)11-14-23(18)33-24-20(21(31-33)10-8-9-15-28-7-2)12-13-22-25(24)36-27(30-22)29-17(3)34/h7-11,14-16H,6,12-13H2,1-5H3,(H,29,30,34)/b10-8+,15-9-,28-7-. The van der Waals surface area contributed by atoms with E-state index in [-0.39, 0.29) is 11.8 Å². The van der Waals surface area contributed by atoms with Crippen molar-refractivity contribution in [1.82, 2.24) is 19.7 Å². The van der Waals surface area contributed by atoms with Crippen LogP contribution in [0.3, 0.4) is 0 Å². The summed E-state index contributed by atoms with van der Waals surface area (Å²) in [5, 5.41) is 8.44. The summed E-state index contributed by atoms with van der Waals surface area (Å²) in [6.45, 7) is 5.43. The van der Waals surface area contributed by atoms with Crippen LogP contribution in [0.5, 0.6) is 0 Å². The van der Waals surface area contributed by atoms with Gasteiger partial charge in [0.2, 0.25) is 5.91 Å². The zero-order chi connectivity index (χ0) is 25.8. The molecule has 186 valence electrons. The van der Waals surface area contributed by atoms with E-state index >= 15 is 0 Å². The third kappa shape index (κ3) is 5.06. The number of fused-ring (bicyclic) bond motifs is 3. The van der Waals surface area contributed by atoms with Crippen LogP contribution in [-0.4, -0.2) is 51.8 Å².